The van der Waals surface area contributed by atoms with Crippen LogP contribution in [0.1, 0.15) is 31.6 Å². The van der Waals surface area contributed by atoms with E-state index in [1.54, 1.807) is 11.8 Å². The van der Waals surface area contributed by atoms with Gasteiger partial charge in [0.15, 0.2) is 11.9 Å². The van der Waals surface area contributed by atoms with Gasteiger partial charge >= 0.3 is 0 Å². The highest BCUT2D eigenvalue weighted by Crippen LogP contribution is 2.40. The number of para-hydroxylation sites is 1. The normalized spacial score (nSPS) is 14.9. The fourth-order valence-corrected chi connectivity index (χ4v) is 4.50. The van der Waals surface area contributed by atoms with E-state index in [-0.39, 0.29) is 6.23 Å². The maximum absolute atomic E-state index is 6.44. The van der Waals surface area contributed by atoms with E-state index in [2.05, 4.69) is 64.9 Å². The van der Waals surface area contributed by atoms with Gasteiger partial charge in [-0.25, -0.2) is 0 Å². The van der Waals surface area contributed by atoms with Crippen LogP contribution < -0.4 is 10.1 Å². The van der Waals surface area contributed by atoms with Crippen molar-refractivity contribution in [1.82, 2.24) is 15.2 Å². The number of nitrogens with zero attached hydrogens (tertiary/aromatic N) is 3. The monoisotopic (exact) mass is 414 g/mol. The topological polar surface area (TPSA) is 59.9 Å². The van der Waals surface area contributed by atoms with Gasteiger partial charge in [-0.3, -0.25) is 0 Å². The Bertz CT molecular complexity index is 1190. The third kappa shape index (κ3) is 3.59. The van der Waals surface area contributed by atoms with Crippen molar-refractivity contribution in [2.45, 2.75) is 31.1 Å². The molecule has 0 bridgehead atoms. The number of hydrogen-bond donors (Lipinski definition) is 1. The zero-order chi connectivity index (χ0) is 20.3. The molecule has 0 aliphatic carbocycles. The van der Waals surface area contributed by atoms with Crippen molar-refractivity contribution in [3.8, 4) is 17.1 Å². The quantitative estimate of drug-likeness (QED) is 0.315. The van der Waals surface area contributed by atoms with Crippen LogP contribution in [0.25, 0.3) is 22.0 Å². The number of nitrogens with one attached hydrogen (secondary N) is 1. The molecular weight excluding hydrogens is 392 g/mol. The lowest BCUT2D eigenvalue weighted by molar-refractivity contribution is 0.226. The molecule has 30 heavy (non-hydrogen) atoms. The summed E-state index contributed by atoms with van der Waals surface area (Å²) in [5, 5.41) is 15.4. The molecule has 1 aliphatic rings. The Morgan fingerprint density at radius 1 is 0.967 bits per heavy atom. The van der Waals surface area contributed by atoms with Crippen LogP contribution >= 0.6 is 11.8 Å². The van der Waals surface area contributed by atoms with Crippen molar-refractivity contribution >= 4 is 28.2 Å². The number of benzene rings is 3. The second kappa shape index (κ2) is 8.32. The zero-order valence-electron chi connectivity index (χ0n) is 16.7. The van der Waals surface area contributed by atoms with Gasteiger partial charge in [-0.1, -0.05) is 85.8 Å². The largest absolute Gasteiger partial charge is 0.448 e. The summed E-state index contributed by atoms with van der Waals surface area (Å²) in [7, 11) is 0. The van der Waals surface area contributed by atoms with Gasteiger partial charge < -0.3 is 10.1 Å². The minimum Gasteiger partial charge on any atom is -0.448 e. The van der Waals surface area contributed by atoms with Crippen LogP contribution in [0.2, 0.25) is 0 Å². The molecule has 0 saturated heterocycles. The molecule has 1 aromatic heterocycles. The molecule has 0 fully saturated rings. The number of fused-ring (bicyclic) bond motifs is 4. The van der Waals surface area contributed by atoms with Crippen LogP contribution in [-0.2, 0) is 0 Å². The van der Waals surface area contributed by atoms with Crippen molar-refractivity contribution in [2.75, 3.05) is 11.1 Å². The molecular formula is C24H22N4OS. The van der Waals surface area contributed by atoms with Crippen LogP contribution in [0.4, 0.5) is 5.69 Å². The van der Waals surface area contributed by atoms with Crippen LogP contribution in [-0.4, -0.2) is 20.9 Å². The number of hydrogen-bond acceptors (Lipinski definition) is 6. The molecule has 6 heteroatoms. The molecule has 4 aromatic rings. The number of aromatic nitrogens is 3. The van der Waals surface area contributed by atoms with Gasteiger partial charge in [0, 0.05) is 22.6 Å². The number of anilines is 1. The number of rotatable bonds is 5. The van der Waals surface area contributed by atoms with Gasteiger partial charge in [-0.05, 0) is 23.3 Å². The Morgan fingerprint density at radius 2 is 1.80 bits per heavy atom. The fourth-order valence-electron chi connectivity index (χ4n) is 3.64. The summed E-state index contributed by atoms with van der Waals surface area (Å²) in [6, 6.07) is 22.7. The first kappa shape index (κ1) is 18.9. The molecule has 0 spiro atoms. The molecule has 0 amide bonds. The average Bonchev–Trinajstić information content (AvgIpc) is 2.95. The van der Waals surface area contributed by atoms with Crippen molar-refractivity contribution in [1.29, 1.82) is 0 Å². The third-order valence-electron chi connectivity index (χ3n) is 5.17. The average molecular weight is 415 g/mol. The highest BCUT2D eigenvalue weighted by molar-refractivity contribution is 7.99. The smallest absolute Gasteiger partial charge is 0.247 e. The van der Waals surface area contributed by atoms with Crippen LogP contribution in [0.15, 0.2) is 71.9 Å². The van der Waals surface area contributed by atoms with Crippen molar-refractivity contribution in [2.24, 2.45) is 0 Å². The molecule has 5 rings (SSSR count). The molecule has 150 valence electrons. The van der Waals surface area contributed by atoms with Crippen LogP contribution in [0, 0.1) is 0 Å². The summed E-state index contributed by atoms with van der Waals surface area (Å²) in [4.78, 5) is 4.73. The van der Waals surface area contributed by atoms with Gasteiger partial charge in [-0.2, -0.15) is 4.98 Å². The standard InChI is InChI=1S/C24H22N4OS/c1-2-3-15-30-24-26-23-21(27-28-24)19-12-6-7-14-20(19)25-22(29-23)18-13-8-10-16-9-4-5-11-17(16)18/h4-14,22,25H,2-3,15H2,1H3. The van der Waals surface area contributed by atoms with Crippen molar-refractivity contribution in [3.05, 3.63) is 72.3 Å². The van der Waals surface area contributed by atoms with Crippen molar-refractivity contribution in [3.63, 3.8) is 0 Å². The van der Waals surface area contributed by atoms with E-state index < -0.39 is 0 Å². The Labute approximate surface area is 179 Å². The van der Waals surface area contributed by atoms with Crippen LogP contribution in [0.3, 0.4) is 0 Å². The second-order valence-electron chi connectivity index (χ2n) is 7.21. The van der Waals surface area contributed by atoms with E-state index in [0.29, 0.717) is 16.7 Å². The molecule has 1 N–H and O–H groups in total. The van der Waals surface area contributed by atoms with Gasteiger partial charge in [0.2, 0.25) is 11.0 Å². The Morgan fingerprint density at radius 3 is 2.73 bits per heavy atom. The number of thioether (sulfide) groups is 1. The highest BCUT2D eigenvalue weighted by atomic mass is 32.2. The van der Waals surface area contributed by atoms with E-state index in [1.807, 2.05) is 24.3 Å². The van der Waals surface area contributed by atoms with E-state index in [1.165, 1.54) is 5.39 Å². The maximum Gasteiger partial charge on any atom is 0.247 e. The maximum atomic E-state index is 6.44. The highest BCUT2D eigenvalue weighted by Gasteiger charge is 2.26. The first-order valence-electron chi connectivity index (χ1n) is 10.2. The fraction of sp³-hybridized carbons (Fsp3) is 0.208. The lowest BCUT2D eigenvalue weighted by atomic mass is 10.0. The van der Waals surface area contributed by atoms with Gasteiger partial charge in [0.1, 0.15) is 0 Å². The molecule has 1 aliphatic heterocycles. The molecule has 0 radical (unpaired) electrons. The molecule has 2 heterocycles. The van der Waals surface area contributed by atoms with E-state index in [0.717, 1.165) is 40.8 Å². The van der Waals surface area contributed by atoms with Gasteiger partial charge in [0.25, 0.3) is 0 Å². The van der Waals surface area contributed by atoms with Gasteiger partial charge in [-0.15, -0.1) is 10.2 Å². The number of ether oxygens (including phenoxy) is 1. The van der Waals surface area contributed by atoms with E-state index in [4.69, 9.17) is 9.72 Å². The lowest BCUT2D eigenvalue weighted by Crippen LogP contribution is -2.17. The third-order valence-corrected chi connectivity index (χ3v) is 6.09. The minimum atomic E-state index is -0.385. The summed E-state index contributed by atoms with van der Waals surface area (Å²) in [5.74, 6) is 1.48. The summed E-state index contributed by atoms with van der Waals surface area (Å²) < 4.78 is 6.44. The second-order valence-corrected chi connectivity index (χ2v) is 8.27. The summed E-state index contributed by atoms with van der Waals surface area (Å²) >= 11 is 1.62. The predicted octanol–water partition coefficient (Wildman–Crippen LogP) is 6.09. The first-order chi connectivity index (χ1) is 14.8. The Hall–Kier alpha value is -3.12. The summed E-state index contributed by atoms with van der Waals surface area (Å²) in [6.07, 6.45) is 1.88. The molecule has 1 unspecified atom stereocenters. The van der Waals surface area contributed by atoms with Crippen LogP contribution in [0.5, 0.6) is 5.88 Å². The molecule has 0 saturated carbocycles. The molecule has 1 atom stereocenters. The summed E-state index contributed by atoms with van der Waals surface area (Å²) in [6.45, 7) is 2.18. The SMILES string of the molecule is CCCCSc1nnc2c(n1)OC(c1cccc3ccccc13)Nc1ccccc1-2. The minimum absolute atomic E-state index is 0.385. The summed E-state index contributed by atoms with van der Waals surface area (Å²) in [5.41, 5.74) is 3.63. The first-order valence-corrected chi connectivity index (χ1v) is 11.2. The zero-order valence-corrected chi connectivity index (χ0v) is 17.5. The van der Waals surface area contributed by atoms with Crippen molar-refractivity contribution < 1.29 is 4.74 Å². The lowest BCUT2D eigenvalue weighted by Gasteiger charge is -2.21. The van der Waals surface area contributed by atoms with E-state index >= 15 is 0 Å². The molecule has 5 nitrogen and oxygen atoms in total. The Balaban J connectivity index is 1.60. The van der Waals surface area contributed by atoms with E-state index in [9.17, 15) is 0 Å². The number of unbranched alkanes of at least 4 members (excludes halogenated alkanes) is 1. The molecule has 3 aromatic carbocycles. The van der Waals surface area contributed by atoms with Gasteiger partial charge in [0.05, 0.1) is 0 Å². The Kier molecular flexibility index (Phi) is 5.24. The predicted molar refractivity (Wildman–Crippen MR) is 122 cm³/mol.